The van der Waals surface area contributed by atoms with E-state index in [0.717, 1.165) is 6.07 Å². The van der Waals surface area contributed by atoms with Gasteiger partial charge in [-0.05, 0) is 31.5 Å². The van der Waals surface area contributed by atoms with Crippen LogP contribution in [0.15, 0.2) is 18.2 Å². The van der Waals surface area contributed by atoms with Crippen molar-refractivity contribution in [1.82, 2.24) is 0 Å². The molecule has 0 aliphatic heterocycles. The lowest BCUT2D eigenvalue weighted by Gasteiger charge is -2.25. The fraction of sp³-hybridized carbons (Fsp3) is 0.462. The lowest BCUT2D eigenvalue weighted by atomic mass is 9.86. The molecule has 3 nitrogen and oxygen atoms in total. The zero-order valence-corrected chi connectivity index (χ0v) is 11.1. The zero-order valence-electron chi connectivity index (χ0n) is 11.1. The Morgan fingerprint density at radius 2 is 1.95 bits per heavy atom. The molecule has 20 heavy (non-hydrogen) atoms. The average molecular weight is 292 g/mol. The first-order chi connectivity index (χ1) is 9.14. The molecule has 0 fully saturated rings. The number of carbonyl (C=O) groups is 1. The van der Waals surface area contributed by atoms with Gasteiger partial charge in [0.15, 0.2) is 0 Å². The van der Waals surface area contributed by atoms with E-state index in [1.54, 1.807) is 13.8 Å². The number of nitrogens with two attached hydrogens (primary N) is 1. The molecular formula is C13H16F4N2O. The fourth-order valence-electron chi connectivity index (χ4n) is 1.50. The number of carbonyl (C=O) groups excluding carboxylic acids is 1. The maximum absolute atomic E-state index is 13.1. The number of hydrogen-bond donors (Lipinski definition) is 2. The van der Waals surface area contributed by atoms with Crippen LogP contribution in [-0.2, 0) is 11.0 Å². The molecule has 0 aliphatic carbocycles. The van der Waals surface area contributed by atoms with Gasteiger partial charge < -0.3 is 11.1 Å². The molecule has 0 spiro atoms. The minimum Gasteiger partial charge on any atom is -0.329 e. The Kier molecular flexibility index (Phi) is 4.75. The molecule has 1 rings (SSSR count). The van der Waals surface area contributed by atoms with Crippen LogP contribution in [0.4, 0.5) is 23.2 Å². The molecule has 0 saturated heterocycles. The Hall–Kier alpha value is -1.63. The zero-order chi connectivity index (χ0) is 15.6. The molecule has 0 aromatic heterocycles. The lowest BCUT2D eigenvalue weighted by Crippen LogP contribution is -2.39. The van der Waals surface area contributed by atoms with E-state index in [4.69, 9.17) is 5.73 Å². The summed E-state index contributed by atoms with van der Waals surface area (Å²) in [4.78, 5) is 12.0. The van der Waals surface area contributed by atoms with Gasteiger partial charge in [-0.25, -0.2) is 4.39 Å². The average Bonchev–Trinajstić information content (AvgIpc) is 2.38. The smallest absolute Gasteiger partial charge is 0.329 e. The summed E-state index contributed by atoms with van der Waals surface area (Å²) in [6.45, 7) is 3.41. The number of amides is 1. The molecule has 1 unspecified atom stereocenters. The quantitative estimate of drug-likeness (QED) is 0.838. The molecule has 0 heterocycles. The third kappa shape index (κ3) is 3.47. The van der Waals surface area contributed by atoms with Gasteiger partial charge >= 0.3 is 6.18 Å². The molecular weight excluding hydrogens is 276 g/mol. The van der Waals surface area contributed by atoms with Crippen LogP contribution in [0.5, 0.6) is 0 Å². The van der Waals surface area contributed by atoms with Crippen LogP contribution >= 0.6 is 0 Å². The van der Waals surface area contributed by atoms with Gasteiger partial charge in [0.25, 0.3) is 0 Å². The summed E-state index contributed by atoms with van der Waals surface area (Å²) < 4.78 is 50.8. The topological polar surface area (TPSA) is 55.1 Å². The number of rotatable bonds is 4. The first kappa shape index (κ1) is 16.4. The van der Waals surface area contributed by atoms with Crippen molar-refractivity contribution in [2.24, 2.45) is 11.1 Å². The minimum absolute atomic E-state index is 0.0582. The maximum atomic E-state index is 13.1. The minimum atomic E-state index is -4.81. The van der Waals surface area contributed by atoms with Gasteiger partial charge in [0, 0.05) is 12.2 Å². The van der Waals surface area contributed by atoms with E-state index in [0.29, 0.717) is 18.6 Å². The van der Waals surface area contributed by atoms with Crippen molar-refractivity contribution in [1.29, 1.82) is 0 Å². The second-order valence-corrected chi connectivity index (χ2v) is 4.76. The Morgan fingerprint density at radius 1 is 1.35 bits per heavy atom. The highest BCUT2D eigenvalue weighted by molar-refractivity contribution is 5.95. The summed E-state index contributed by atoms with van der Waals surface area (Å²) in [5.41, 5.74) is 3.08. The third-order valence-corrected chi connectivity index (χ3v) is 3.31. The fourth-order valence-corrected chi connectivity index (χ4v) is 1.50. The first-order valence-corrected chi connectivity index (χ1v) is 6.02. The summed E-state index contributed by atoms with van der Waals surface area (Å²) in [6.07, 6.45) is -4.38. The molecule has 3 N–H and O–H groups in total. The molecule has 0 bridgehead atoms. The normalized spacial score (nSPS) is 14.8. The van der Waals surface area contributed by atoms with E-state index >= 15 is 0 Å². The number of nitrogens with one attached hydrogen (secondary N) is 1. The van der Waals surface area contributed by atoms with Gasteiger partial charge in [-0.1, -0.05) is 6.92 Å². The van der Waals surface area contributed by atoms with Gasteiger partial charge in [-0.15, -0.1) is 0 Å². The van der Waals surface area contributed by atoms with Crippen molar-refractivity contribution in [3.63, 3.8) is 0 Å². The highest BCUT2D eigenvalue weighted by Gasteiger charge is 2.35. The molecule has 7 heteroatoms. The number of hydrogen-bond acceptors (Lipinski definition) is 2. The van der Waals surface area contributed by atoms with Crippen molar-refractivity contribution < 1.29 is 22.4 Å². The van der Waals surface area contributed by atoms with Gasteiger partial charge in [-0.2, -0.15) is 13.2 Å². The van der Waals surface area contributed by atoms with Gasteiger partial charge in [0.2, 0.25) is 5.91 Å². The van der Waals surface area contributed by atoms with Gasteiger partial charge in [0.1, 0.15) is 5.82 Å². The van der Waals surface area contributed by atoms with Crippen LogP contribution in [0, 0.1) is 11.2 Å². The molecule has 1 aromatic rings. The SMILES string of the molecule is CCC(C)(CN)C(=O)Nc1ccc(F)c(C(F)(F)F)c1. The summed E-state index contributed by atoms with van der Waals surface area (Å²) >= 11 is 0. The molecule has 1 atom stereocenters. The highest BCUT2D eigenvalue weighted by atomic mass is 19.4. The van der Waals surface area contributed by atoms with Crippen molar-refractivity contribution in [3.05, 3.63) is 29.6 Å². The number of benzene rings is 1. The van der Waals surface area contributed by atoms with E-state index in [2.05, 4.69) is 5.32 Å². The standard InChI is InChI=1S/C13H16F4N2O/c1-3-12(2,7-18)11(20)19-8-4-5-10(14)9(6-8)13(15,16)17/h4-6H,3,7,18H2,1-2H3,(H,19,20). The van der Waals surface area contributed by atoms with Crippen LogP contribution in [0.1, 0.15) is 25.8 Å². The summed E-state index contributed by atoms with van der Waals surface area (Å²) in [7, 11) is 0. The van der Waals surface area contributed by atoms with Crippen molar-refractivity contribution in [2.45, 2.75) is 26.4 Å². The van der Waals surface area contributed by atoms with E-state index in [9.17, 15) is 22.4 Å². The Labute approximate surface area is 114 Å². The number of alkyl halides is 3. The van der Waals surface area contributed by atoms with Crippen molar-refractivity contribution >= 4 is 11.6 Å². The largest absolute Gasteiger partial charge is 0.419 e. The summed E-state index contributed by atoms with van der Waals surface area (Å²) in [5.74, 6) is -1.88. The molecule has 1 aromatic carbocycles. The summed E-state index contributed by atoms with van der Waals surface area (Å²) in [6, 6.07) is 2.32. The number of anilines is 1. The monoisotopic (exact) mass is 292 g/mol. The summed E-state index contributed by atoms with van der Waals surface area (Å²) in [5, 5.41) is 2.34. The van der Waals surface area contributed by atoms with Gasteiger partial charge in [0.05, 0.1) is 11.0 Å². The Balaban J connectivity index is 3.03. The first-order valence-electron chi connectivity index (χ1n) is 6.02. The highest BCUT2D eigenvalue weighted by Crippen LogP contribution is 2.33. The van der Waals surface area contributed by atoms with E-state index in [1.165, 1.54) is 0 Å². The maximum Gasteiger partial charge on any atom is 0.419 e. The van der Waals surface area contributed by atoms with E-state index in [-0.39, 0.29) is 12.2 Å². The van der Waals surface area contributed by atoms with Crippen LogP contribution in [0.25, 0.3) is 0 Å². The van der Waals surface area contributed by atoms with Crippen LogP contribution in [0.2, 0.25) is 0 Å². The number of halogens is 4. The second kappa shape index (κ2) is 5.78. The van der Waals surface area contributed by atoms with Gasteiger partial charge in [-0.3, -0.25) is 4.79 Å². The van der Waals surface area contributed by atoms with Crippen molar-refractivity contribution in [3.8, 4) is 0 Å². The molecule has 0 aliphatic rings. The molecule has 1 amide bonds. The molecule has 0 saturated carbocycles. The second-order valence-electron chi connectivity index (χ2n) is 4.76. The van der Waals surface area contributed by atoms with Crippen LogP contribution < -0.4 is 11.1 Å². The Morgan fingerprint density at radius 3 is 2.40 bits per heavy atom. The third-order valence-electron chi connectivity index (χ3n) is 3.31. The van der Waals surface area contributed by atoms with Crippen LogP contribution in [-0.4, -0.2) is 12.5 Å². The predicted octanol–water partition coefficient (Wildman–Crippen LogP) is 3.16. The van der Waals surface area contributed by atoms with Crippen molar-refractivity contribution in [2.75, 3.05) is 11.9 Å². The molecule has 112 valence electrons. The molecule has 0 radical (unpaired) electrons. The Bertz CT molecular complexity index is 496. The predicted molar refractivity (Wildman–Crippen MR) is 67.5 cm³/mol. The van der Waals surface area contributed by atoms with E-state index < -0.39 is 28.9 Å². The van der Waals surface area contributed by atoms with E-state index in [1.807, 2.05) is 0 Å². The van der Waals surface area contributed by atoms with Crippen LogP contribution in [0.3, 0.4) is 0 Å². The lowest BCUT2D eigenvalue weighted by molar-refractivity contribution is -0.140.